The first-order valence-electron chi connectivity index (χ1n) is 7.47. The number of carbonyl (C=O) groups excluding carboxylic acids is 2. The number of benzene rings is 2. The molecule has 2 rings (SSSR count). The average molecular weight is 328 g/mol. The van der Waals surface area contributed by atoms with Gasteiger partial charge in [-0.2, -0.15) is 0 Å². The molecule has 0 aliphatic carbocycles. The van der Waals surface area contributed by atoms with Gasteiger partial charge < -0.3 is 20.5 Å². The third kappa shape index (κ3) is 4.49. The van der Waals surface area contributed by atoms with Crippen LogP contribution < -0.4 is 20.5 Å². The topological polar surface area (TPSA) is 90.7 Å². The number of methoxy groups -OCH3 is 1. The summed E-state index contributed by atoms with van der Waals surface area (Å²) in [4.78, 5) is 23.2. The number of para-hydroxylation sites is 1. The minimum Gasteiger partial charge on any atom is -0.496 e. The van der Waals surface area contributed by atoms with Gasteiger partial charge in [0.1, 0.15) is 11.5 Å². The first-order valence-corrected chi connectivity index (χ1v) is 7.47. The van der Waals surface area contributed by atoms with E-state index in [0.29, 0.717) is 23.6 Å². The summed E-state index contributed by atoms with van der Waals surface area (Å²) in [6.45, 7) is 2.00. The number of rotatable bonds is 7. The molecule has 0 aliphatic heterocycles. The fourth-order valence-corrected chi connectivity index (χ4v) is 2.13. The summed E-state index contributed by atoms with van der Waals surface area (Å²) >= 11 is 0. The molecule has 0 aliphatic rings. The normalized spacial score (nSPS) is 11.4. The minimum atomic E-state index is -0.681. The van der Waals surface area contributed by atoms with Crippen molar-refractivity contribution >= 4 is 11.8 Å². The van der Waals surface area contributed by atoms with Crippen molar-refractivity contribution in [3.05, 3.63) is 59.7 Å². The fraction of sp³-hybridized carbons (Fsp3) is 0.222. The fourth-order valence-electron chi connectivity index (χ4n) is 2.13. The number of carbonyl (C=O) groups is 2. The van der Waals surface area contributed by atoms with Crippen molar-refractivity contribution in [1.29, 1.82) is 0 Å². The van der Waals surface area contributed by atoms with Crippen LogP contribution in [0.2, 0.25) is 0 Å². The Balaban J connectivity index is 1.91. The maximum Gasteiger partial charge on any atom is 0.261 e. The summed E-state index contributed by atoms with van der Waals surface area (Å²) < 4.78 is 10.8. The molecule has 24 heavy (non-hydrogen) atoms. The average Bonchev–Trinajstić information content (AvgIpc) is 2.60. The highest BCUT2D eigenvalue weighted by Crippen LogP contribution is 2.17. The number of ether oxygens (including phenoxy) is 2. The Bertz CT molecular complexity index is 713. The zero-order chi connectivity index (χ0) is 17.5. The van der Waals surface area contributed by atoms with Crippen LogP contribution in [0, 0.1) is 0 Å². The molecule has 2 amide bonds. The van der Waals surface area contributed by atoms with Crippen LogP contribution in [0.1, 0.15) is 22.8 Å². The quantitative estimate of drug-likeness (QED) is 0.812. The highest BCUT2D eigenvalue weighted by atomic mass is 16.5. The molecule has 0 spiro atoms. The van der Waals surface area contributed by atoms with Crippen molar-refractivity contribution in [2.24, 2.45) is 5.73 Å². The van der Waals surface area contributed by atoms with Gasteiger partial charge in [0.25, 0.3) is 5.91 Å². The highest BCUT2D eigenvalue weighted by Gasteiger charge is 2.15. The van der Waals surface area contributed by atoms with E-state index in [9.17, 15) is 9.59 Å². The second kappa shape index (κ2) is 8.01. The molecule has 6 heteroatoms. The van der Waals surface area contributed by atoms with E-state index in [1.165, 1.54) is 0 Å². The Kier molecular flexibility index (Phi) is 5.78. The molecular weight excluding hydrogens is 308 g/mol. The number of hydrogen-bond donors (Lipinski definition) is 2. The van der Waals surface area contributed by atoms with Crippen LogP contribution in [-0.2, 0) is 11.3 Å². The summed E-state index contributed by atoms with van der Waals surface area (Å²) in [5.74, 6) is 0.442. The lowest BCUT2D eigenvalue weighted by Crippen LogP contribution is -2.36. The van der Waals surface area contributed by atoms with Gasteiger partial charge in [-0.3, -0.25) is 9.59 Å². The van der Waals surface area contributed by atoms with Gasteiger partial charge in [-0.25, -0.2) is 0 Å². The van der Waals surface area contributed by atoms with Crippen LogP contribution in [0.4, 0.5) is 0 Å². The van der Waals surface area contributed by atoms with Gasteiger partial charge in [0.15, 0.2) is 6.10 Å². The van der Waals surface area contributed by atoms with E-state index >= 15 is 0 Å². The number of hydrogen-bond acceptors (Lipinski definition) is 4. The molecule has 0 fully saturated rings. The summed E-state index contributed by atoms with van der Waals surface area (Å²) in [7, 11) is 1.59. The largest absolute Gasteiger partial charge is 0.496 e. The molecule has 126 valence electrons. The third-order valence-corrected chi connectivity index (χ3v) is 3.47. The van der Waals surface area contributed by atoms with Crippen molar-refractivity contribution in [2.75, 3.05) is 7.11 Å². The molecule has 2 aromatic carbocycles. The van der Waals surface area contributed by atoms with Gasteiger partial charge in [0.05, 0.1) is 7.11 Å². The Morgan fingerprint density at radius 2 is 1.79 bits per heavy atom. The van der Waals surface area contributed by atoms with Crippen molar-refractivity contribution < 1.29 is 19.1 Å². The van der Waals surface area contributed by atoms with Gasteiger partial charge >= 0.3 is 0 Å². The lowest BCUT2D eigenvalue weighted by atomic mass is 10.2. The zero-order valence-corrected chi connectivity index (χ0v) is 13.6. The maximum absolute atomic E-state index is 12.1. The van der Waals surface area contributed by atoms with E-state index in [4.69, 9.17) is 15.2 Å². The van der Waals surface area contributed by atoms with E-state index in [-0.39, 0.29) is 5.91 Å². The molecule has 0 radical (unpaired) electrons. The summed E-state index contributed by atoms with van der Waals surface area (Å²) in [6.07, 6.45) is -0.681. The van der Waals surface area contributed by atoms with Gasteiger partial charge in [0, 0.05) is 17.7 Å². The Morgan fingerprint density at radius 3 is 2.42 bits per heavy atom. The van der Waals surface area contributed by atoms with E-state index in [0.717, 1.165) is 5.56 Å². The zero-order valence-electron chi connectivity index (χ0n) is 13.6. The summed E-state index contributed by atoms with van der Waals surface area (Å²) in [5, 5.41) is 2.81. The molecule has 0 saturated heterocycles. The van der Waals surface area contributed by atoms with Crippen molar-refractivity contribution in [2.45, 2.75) is 19.6 Å². The van der Waals surface area contributed by atoms with Crippen LogP contribution in [0.5, 0.6) is 11.5 Å². The van der Waals surface area contributed by atoms with Crippen LogP contribution >= 0.6 is 0 Å². The third-order valence-electron chi connectivity index (χ3n) is 3.47. The number of nitrogens with one attached hydrogen (secondary N) is 1. The van der Waals surface area contributed by atoms with Crippen LogP contribution in [0.25, 0.3) is 0 Å². The maximum atomic E-state index is 12.1. The van der Waals surface area contributed by atoms with Gasteiger partial charge in [0.2, 0.25) is 5.91 Å². The van der Waals surface area contributed by atoms with E-state index in [1.54, 1.807) is 38.3 Å². The Labute approximate surface area is 140 Å². The highest BCUT2D eigenvalue weighted by molar-refractivity contribution is 5.92. The van der Waals surface area contributed by atoms with Crippen molar-refractivity contribution in [3.63, 3.8) is 0 Å². The smallest absolute Gasteiger partial charge is 0.261 e. The SMILES string of the molecule is COc1ccccc1CNC(=O)C(C)Oc1ccc(C(N)=O)cc1. The number of amides is 2. The Hall–Kier alpha value is -3.02. The van der Waals surface area contributed by atoms with Crippen LogP contribution in [-0.4, -0.2) is 25.0 Å². The predicted octanol–water partition coefficient (Wildman–Crippen LogP) is 1.88. The lowest BCUT2D eigenvalue weighted by Gasteiger charge is -2.15. The second-order valence-corrected chi connectivity index (χ2v) is 5.18. The molecule has 2 aromatic rings. The number of nitrogens with two attached hydrogens (primary N) is 1. The molecule has 0 aromatic heterocycles. The standard InChI is InChI=1S/C18H20N2O4/c1-12(24-15-9-7-13(8-10-15)17(19)21)18(22)20-11-14-5-3-4-6-16(14)23-2/h3-10,12H,11H2,1-2H3,(H2,19,21)(H,20,22). The summed E-state index contributed by atoms with van der Waals surface area (Å²) in [5.41, 5.74) is 6.44. The number of primary amides is 1. The molecule has 0 saturated carbocycles. The molecule has 1 atom stereocenters. The predicted molar refractivity (Wildman–Crippen MR) is 89.9 cm³/mol. The summed E-state index contributed by atoms with van der Waals surface area (Å²) in [6, 6.07) is 13.8. The van der Waals surface area contributed by atoms with Gasteiger partial charge in [-0.15, -0.1) is 0 Å². The molecule has 3 N–H and O–H groups in total. The molecule has 0 bridgehead atoms. The van der Waals surface area contributed by atoms with E-state index in [1.807, 2.05) is 24.3 Å². The van der Waals surface area contributed by atoms with Crippen LogP contribution in [0.15, 0.2) is 48.5 Å². The van der Waals surface area contributed by atoms with Gasteiger partial charge in [-0.1, -0.05) is 18.2 Å². The molecule has 0 heterocycles. The van der Waals surface area contributed by atoms with Crippen molar-refractivity contribution in [3.8, 4) is 11.5 Å². The monoisotopic (exact) mass is 328 g/mol. The van der Waals surface area contributed by atoms with Crippen LogP contribution in [0.3, 0.4) is 0 Å². The lowest BCUT2D eigenvalue weighted by molar-refractivity contribution is -0.127. The first kappa shape index (κ1) is 17.3. The van der Waals surface area contributed by atoms with E-state index in [2.05, 4.69) is 5.32 Å². The minimum absolute atomic E-state index is 0.250. The van der Waals surface area contributed by atoms with E-state index < -0.39 is 12.0 Å². The Morgan fingerprint density at radius 1 is 1.12 bits per heavy atom. The first-order chi connectivity index (χ1) is 11.5. The molecular formula is C18H20N2O4. The second-order valence-electron chi connectivity index (χ2n) is 5.18. The molecule has 1 unspecified atom stereocenters. The molecule has 6 nitrogen and oxygen atoms in total. The van der Waals surface area contributed by atoms with Gasteiger partial charge in [-0.05, 0) is 37.3 Å². The van der Waals surface area contributed by atoms with Crippen molar-refractivity contribution in [1.82, 2.24) is 5.32 Å².